The number of hydrogen-bond acceptors (Lipinski definition) is 5. The maximum atomic E-state index is 15.1. The van der Waals surface area contributed by atoms with Crippen molar-refractivity contribution in [1.29, 1.82) is 0 Å². The molecule has 1 atom stereocenters. The Morgan fingerprint density at radius 1 is 1.12 bits per heavy atom. The lowest BCUT2D eigenvalue weighted by Gasteiger charge is -2.20. The van der Waals surface area contributed by atoms with Gasteiger partial charge in [0.05, 0.1) is 16.4 Å². The van der Waals surface area contributed by atoms with Crippen LogP contribution in [-0.2, 0) is 4.79 Å². The summed E-state index contributed by atoms with van der Waals surface area (Å²) in [5.74, 6) is -2.46. The Morgan fingerprint density at radius 2 is 1.91 bits per heavy atom. The number of carbonyl (C=O) groups is 2. The molecule has 0 aliphatic carbocycles. The molecule has 1 saturated heterocycles. The second-order valence-corrected chi connectivity index (χ2v) is 8.45. The Hall–Kier alpha value is -3.37. The van der Waals surface area contributed by atoms with Crippen molar-refractivity contribution >= 4 is 52.7 Å². The quantitative estimate of drug-likeness (QED) is 0.397. The van der Waals surface area contributed by atoms with Crippen molar-refractivity contribution in [2.24, 2.45) is 0 Å². The zero-order valence-corrected chi connectivity index (χ0v) is 19.5. The van der Waals surface area contributed by atoms with Gasteiger partial charge in [-0.05, 0) is 36.8 Å². The lowest BCUT2D eigenvalue weighted by atomic mass is 10.0. The summed E-state index contributed by atoms with van der Waals surface area (Å²) in [5.41, 5.74) is 1.04. The summed E-state index contributed by atoms with van der Waals surface area (Å²) < 4.78 is 33.2. The Balaban J connectivity index is 1.50. The lowest BCUT2D eigenvalue weighted by Crippen LogP contribution is -2.43. The van der Waals surface area contributed by atoms with Crippen LogP contribution in [0.1, 0.15) is 6.42 Å². The molecule has 3 N–H and O–H groups in total. The molecule has 11 heteroatoms. The Kier molecular flexibility index (Phi) is 7.18. The van der Waals surface area contributed by atoms with Crippen molar-refractivity contribution in [3.05, 3.63) is 71.4 Å². The molecule has 7 nitrogen and oxygen atoms in total. The molecule has 1 fully saturated rings. The first kappa shape index (κ1) is 23.8. The molecule has 3 aromatic rings. The number of benzene rings is 2. The van der Waals surface area contributed by atoms with E-state index >= 15 is 8.78 Å². The summed E-state index contributed by atoms with van der Waals surface area (Å²) in [6.45, 7) is 0.128. The first-order chi connectivity index (χ1) is 16.4. The zero-order valence-electron chi connectivity index (χ0n) is 17.9. The van der Waals surface area contributed by atoms with E-state index in [1.54, 1.807) is 30.3 Å². The summed E-state index contributed by atoms with van der Waals surface area (Å²) >= 11 is 7.10. The number of aromatic nitrogens is 1. The van der Waals surface area contributed by atoms with Crippen molar-refractivity contribution in [2.45, 2.75) is 12.5 Å². The van der Waals surface area contributed by atoms with Crippen LogP contribution in [0.4, 0.5) is 30.8 Å². The van der Waals surface area contributed by atoms with Gasteiger partial charge < -0.3 is 14.9 Å². The molecule has 1 unspecified atom stereocenters. The van der Waals surface area contributed by atoms with Gasteiger partial charge in [-0.25, -0.2) is 18.6 Å². The van der Waals surface area contributed by atoms with Crippen LogP contribution in [0.3, 0.4) is 0 Å². The van der Waals surface area contributed by atoms with Crippen LogP contribution in [0.25, 0.3) is 11.1 Å². The number of urea groups is 1. The van der Waals surface area contributed by atoms with Gasteiger partial charge in [-0.15, -0.1) is 0 Å². The highest BCUT2D eigenvalue weighted by Gasteiger charge is 2.36. The van der Waals surface area contributed by atoms with Gasteiger partial charge in [-0.1, -0.05) is 41.7 Å². The summed E-state index contributed by atoms with van der Waals surface area (Å²) in [4.78, 5) is 30.2. The number of pyridine rings is 1. The highest BCUT2D eigenvalue weighted by molar-refractivity contribution is 7.99. The first-order valence-electron chi connectivity index (χ1n) is 10.3. The second kappa shape index (κ2) is 10.3. The highest BCUT2D eigenvalue weighted by Crippen LogP contribution is 2.36. The van der Waals surface area contributed by atoms with Gasteiger partial charge in [0.1, 0.15) is 11.9 Å². The summed E-state index contributed by atoms with van der Waals surface area (Å²) in [6, 6.07) is 11.3. The summed E-state index contributed by atoms with van der Waals surface area (Å²) in [7, 11) is 0. The van der Waals surface area contributed by atoms with Crippen molar-refractivity contribution in [3.8, 4) is 11.1 Å². The number of para-hydroxylation sites is 1. The van der Waals surface area contributed by atoms with Crippen molar-refractivity contribution < 1.29 is 18.4 Å². The molecule has 0 radical (unpaired) electrons. The fourth-order valence-electron chi connectivity index (χ4n) is 3.69. The Bertz CT molecular complexity index is 1230. The van der Waals surface area contributed by atoms with E-state index in [4.69, 9.17) is 11.6 Å². The average Bonchev–Trinajstić information content (AvgIpc) is 3.17. The zero-order chi connectivity index (χ0) is 24.2. The molecule has 34 heavy (non-hydrogen) atoms. The number of amides is 3. The van der Waals surface area contributed by atoms with Crippen LogP contribution in [0.2, 0.25) is 5.02 Å². The second-order valence-electron chi connectivity index (χ2n) is 7.40. The van der Waals surface area contributed by atoms with Crippen LogP contribution in [0, 0.1) is 11.6 Å². The van der Waals surface area contributed by atoms with Gasteiger partial charge in [0.2, 0.25) is 5.91 Å². The van der Waals surface area contributed by atoms with Crippen LogP contribution in [0.5, 0.6) is 0 Å². The number of carbonyl (C=O) groups excluding carboxylic acids is 2. The minimum Gasteiger partial charge on any atom is -0.329 e. The molecular weight excluding hydrogens is 484 g/mol. The fraction of sp³-hybridized carbons (Fsp3) is 0.174. The van der Waals surface area contributed by atoms with E-state index in [9.17, 15) is 9.59 Å². The largest absolute Gasteiger partial charge is 0.329 e. The predicted octanol–water partition coefficient (Wildman–Crippen LogP) is 5.30. The first-order valence-corrected chi connectivity index (χ1v) is 11.9. The van der Waals surface area contributed by atoms with Crippen LogP contribution in [0.15, 0.2) is 54.7 Å². The molecule has 0 bridgehead atoms. The van der Waals surface area contributed by atoms with E-state index in [2.05, 4.69) is 20.3 Å². The maximum Gasteiger partial charge on any atom is 0.321 e. The third kappa shape index (κ3) is 4.92. The number of halogens is 3. The number of nitrogens with zero attached hydrogens (tertiary/aromatic N) is 2. The molecule has 2 aromatic carbocycles. The van der Waals surface area contributed by atoms with Gasteiger partial charge >= 0.3 is 6.03 Å². The highest BCUT2D eigenvalue weighted by atomic mass is 35.5. The number of hydrogen-bond donors (Lipinski definition) is 3. The molecule has 2 heterocycles. The minimum atomic E-state index is -1.12. The molecule has 1 aliphatic heterocycles. The predicted molar refractivity (Wildman–Crippen MR) is 131 cm³/mol. The fourth-order valence-corrected chi connectivity index (χ4v) is 4.20. The molecule has 1 aromatic heterocycles. The third-order valence-electron chi connectivity index (χ3n) is 5.26. The van der Waals surface area contributed by atoms with E-state index in [0.29, 0.717) is 16.3 Å². The van der Waals surface area contributed by atoms with Crippen LogP contribution >= 0.6 is 23.5 Å². The minimum absolute atomic E-state index is 0.0783. The van der Waals surface area contributed by atoms with Crippen molar-refractivity contribution in [2.75, 3.05) is 27.7 Å². The number of rotatable bonds is 6. The molecule has 0 saturated carbocycles. The normalized spacial score (nSPS) is 15.4. The van der Waals surface area contributed by atoms with E-state index in [-0.39, 0.29) is 30.0 Å². The molecule has 0 spiro atoms. The topological polar surface area (TPSA) is 86.4 Å². The van der Waals surface area contributed by atoms with Gasteiger partial charge in [0.15, 0.2) is 11.6 Å². The van der Waals surface area contributed by atoms with E-state index in [0.717, 1.165) is 4.90 Å². The summed E-state index contributed by atoms with van der Waals surface area (Å²) in [6.07, 6.45) is 3.44. The SMILES string of the molecule is CSNc1ccccc1-c1ccc(N2CCC(NC(=O)Nc3ccc(Cl)cn3)C2=O)c(F)c1F. The molecule has 176 valence electrons. The molecule has 4 rings (SSSR count). The molecular formula is C23H20ClF2N5O2S. The third-order valence-corrected chi connectivity index (χ3v) is 5.91. The standard InChI is InChI=1S/C23H20ClF2N5O2S/c1-34-30-16-5-3-2-4-14(16)15-7-8-18(21(26)20(15)25)31-11-10-17(22(31)32)28-23(33)29-19-9-6-13(24)12-27-19/h2-9,12,17,30H,10-11H2,1H3,(H2,27,28,29,33). The van der Waals surface area contributed by atoms with Gasteiger partial charge in [-0.2, -0.15) is 0 Å². The van der Waals surface area contributed by atoms with Gasteiger partial charge in [0, 0.05) is 30.1 Å². The van der Waals surface area contributed by atoms with Crippen molar-refractivity contribution in [1.82, 2.24) is 10.3 Å². The Morgan fingerprint density at radius 3 is 2.65 bits per heavy atom. The Labute approximate surface area is 204 Å². The van der Waals surface area contributed by atoms with Gasteiger partial charge in [0.25, 0.3) is 0 Å². The number of anilines is 3. The molecule has 3 amide bonds. The summed E-state index contributed by atoms with van der Waals surface area (Å²) in [5, 5.41) is 5.46. The van der Waals surface area contributed by atoms with E-state index in [1.807, 2.05) is 6.26 Å². The van der Waals surface area contributed by atoms with E-state index < -0.39 is 29.6 Å². The lowest BCUT2D eigenvalue weighted by molar-refractivity contribution is -0.118. The molecule has 1 aliphatic rings. The number of nitrogens with one attached hydrogen (secondary N) is 3. The van der Waals surface area contributed by atoms with Gasteiger partial charge in [-0.3, -0.25) is 10.1 Å². The average molecular weight is 504 g/mol. The monoisotopic (exact) mass is 503 g/mol. The van der Waals surface area contributed by atoms with Crippen LogP contribution < -0.4 is 20.3 Å². The van der Waals surface area contributed by atoms with E-state index in [1.165, 1.54) is 36.3 Å². The van der Waals surface area contributed by atoms with Crippen LogP contribution in [-0.4, -0.2) is 35.8 Å². The maximum absolute atomic E-state index is 15.1. The van der Waals surface area contributed by atoms with Crippen molar-refractivity contribution in [3.63, 3.8) is 0 Å². The smallest absolute Gasteiger partial charge is 0.321 e.